The minimum atomic E-state index is -5.07. The largest absolute Gasteiger partial charge is 0.425 e. The molecule has 86 valence electrons. The first kappa shape index (κ1) is 11.9. The van der Waals surface area contributed by atoms with Crippen LogP contribution in [0.1, 0.15) is 26.3 Å². The van der Waals surface area contributed by atoms with Crippen LogP contribution in [-0.4, -0.2) is 9.78 Å². The second-order valence-electron chi connectivity index (χ2n) is 4.04. The van der Waals surface area contributed by atoms with Crippen molar-refractivity contribution < 1.29 is 22.0 Å². The van der Waals surface area contributed by atoms with Gasteiger partial charge in [0.05, 0.1) is 5.54 Å². The van der Waals surface area contributed by atoms with Gasteiger partial charge in [0.15, 0.2) is 5.56 Å². The molecule has 2 nitrogen and oxygen atoms in total. The molecule has 1 aromatic rings. The fraction of sp³-hybridized carbons (Fsp3) is 0.625. The Morgan fingerprint density at radius 2 is 1.53 bits per heavy atom. The second kappa shape index (κ2) is 3.18. The predicted molar refractivity (Wildman–Crippen MR) is 42.1 cm³/mol. The van der Waals surface area contributed by atoms with Gasteiger partial charge in [0.1, 0.15) is 0 Å². The predicted octanol–water partition coefficient (Wildman–Crippen LogP) is 2.94. The van der Waals surface area contributed by atoms with Gasteiger partial charge in [0, 0.05) is 0 Å². The first-order valence-electron chi connectivity index (χ1n) is 4.07. The van der Waals surface area contributed by atoms with Crippen molar-refractivity contribution in [3.63, 3.8) is 0 Å². The molecule has 0 unspecified atom stereocenters. The molecule has 1 aromatic heterocycles. The number of aromatic nitrogens is 2. The van der Waals surface area contributed by atoms with Gasteiger partial charge in [-0.25, -0.2) is 4.68 Å². The fourth-order valence-electron chi connectivity index (χ4n) is 1.05. The molecule has 0 amide bonds. The van der Waals surface area contributed by atoms with E-state index in [0.29, 0.717) is 4.68 Å². The monoisotopic (exact) mass is 228 g/mol. The Morgan fingerprint density at radius 1 is 1.07 bits per heavy atom. The third-order valence-corrected chi connectivity index (χ3v) is 1.71. The van der Waals surface area contributed by atoms with Gasteiger partial charge < -0.3 is 0 Å². The second-order valence-corrected chi connectivity index (χ2v) is 4.04. The first-order valence-corrected chi connectivity index (χ1v) is 4.07. The quantitative estimate of drug-likeness (QED) is 0.624. The van der Waals surface area contributed by atoms with Gasteiger partial charge >= 0.3 is 6.18 Å². The summed E-state index contributed by atoms with van der Waals surface area (Å²) >= 11 is 0. The molecule has 0 radical (unpaired) electrons. The van der Waals surface area contributed by atoms with E-state index in [2.05, 4.69) is 5.10 Å². The number of alkyl halides is 3. The summed E-state index contributed by atoms with van der Waals surface area (Å²) in [6.45, 7) is 4.26. The first-order chi connectivity index (χ1) is 6.55. The van der Waals surface area contributed by atoms with Crippen molar-refractivity contribution >= 4 is 0 Å². The van der Waals surface area contributed by atoms with E-state index in [1.807, 2.05) is 0 Å². The minimum absolute atomic E-state index is 0.380. The summed E-state index contributed by atoms with van der Waals surface area (Å²) in [5, 5.41) is 2.90. The summed E-state index contributed by atoms with van der Waals surface area (Å²) in [7, 11) is 0. The van der Waals surface area contributed by atoms with Crippen molar-refractivity contribution in [3.05, 3.63) is 17.5 Å². The highest BCUT2D eigenvalue weighted by Crippen LogP contribution is 2.34. The molecule has 0 aromatic carbocycles. The SMILES string of the molecule is CC(C)(C)n1nc(F)c(C(F)(F)F)c1F. The number of hydrogen-bond acceptors (Lipinski definition) is 1. The molecule has 0 saturated heterocycles. The van der Waals surface area contributed by atoms with Gasteiger partial charge in [-0.3, -0.25) is 0 Å². The number of rotatable bonds is 0. The summed E-state index contributed by atoms with van der Waals surface area (Å²) in [5.41, 5.74) is -2.99. The van der Waals surface area contributed by atoms with Crippen LogP contribution in [0.25, 0.3) is 0 Å². The average molecular weight is 228 g/mol. The molecule has 0 atom stereocenters. The van der Waals surface area contributed by atoms with E-state index in [4.69, 9.17) is 0 Å². The Kier molecular flexibility index (Phi) is 2.53. The summed E-state index contributed by atoms with van der Waals surface area (Å²) in [5.74, 6) is -3.54. The van der Waals surface area contributed by atoms with Crippen LogP contribution in [0.5, 0.6) is 0 Å². The third-order valence-electron chi connectivity index (χ3n) is 1.71. The van der Waals surface area contributed by atoms with Gasteiger partial charge in [-0.15, -0.1) is 5.10 Å². The van der Waals surface area contributed by atoms with Crippen molar-refractivity contribution in [2.24, 2.45) is 0 Å². The van der Waals surface area contributed by atoms with Crippen LogP contribution in [-0.2, 0) is 11.7 Å². The Bertz CT molecular complexity index is 372. The fourth-order valence-corrected chi connectivity index (χ4v) is 1.05. The van der Waals surface area contributed by atoms with Gasteiger partial charge in [-0.05, 0) is 20.8 Å². The Balaban J connectivity index is 3.41. The zero-order valence-electron chi connectivity index (χ0n) is 8.28. The average Bonchev–Trinajstić information content (AvgIpc) is 2.22. The van der Waals surface area contributed by atoms with Crippen LogP contribution in [0.3, 0.4) is 0 Å². The molecule has 0 saturated carbocycles. The Morgan fingerprint density at radius 3 is 1.73 bits per heavy atom. The van der Waals surface area contributed by atoms with E-state index in [1.165, 1.54) is 20.8 Å². The summed E-state index contributed by atoms with van der Waals surface area (Å²) in [6, 6.07) is 0. The van der Waals surface area contributed by atoms with Crippen LogP contribution < -0.4 is 0 Å². The maximum absolute atomic E-state index is 13.2. The van der Waals surface area contributed by atoms with Crippen molar-refractivity contribution in [2.45, 2.75) is 32.5 Å². The summed E-state index contributed by atoms with van der Waals surface area (Å²) in [6.07, 6.45) is -5.07. The Labute approximate surface area is 82.7 Å². The molecule has 0 bridgehead atoms. The lowest BCUT2D eigenvalue weighted by molar-refractivity contribution is -0.142. The van der Waals surface area contributed by atoms with Gasteiger partial charge in [-0.1, -0.05) is 0 Å². The van der Waals surface area contributed by atoms with E-state index >= 15 is 0 Å². The number of halogens is 5. The molecule has 0 aliphatic rings. The molecule has 0 N–H and O–H groups in total. The highest BCUT2D eigenvalue weighted by atomic mass is 19.4. The normalized spacial score (nSPS) is 13.3. The lowest BCUT2D eigenvalue weighted by Gasteiger charge is -2.19. The van der Waals surface area contributed by atoms with Crippen molar-refractivity contribution in [1.29, 1.82) is 0 Å². The molecule has 1 heterocycles. The lowest BCUT2D eigenvalue weighted by atomic mass is 10.1. The van der Waals surface area contributed by atoms with Crippen LogP contribution in [0.2, 0.25) is 0 Å². The molecule has 0 aliphatic carbocycles. The highest BCUT2D eigenvalue weighted by Gasteiger charge is 2.42. The van der Waals surface area contributed by atoms with Crippen molar-refractivity contribution in [2.75, 3.05) is 0 Å². The molecule has 0 fully saturated rings. The molecule has 1 rings (SSSR count). The van der Waals surface area contributed by atoms with Gasteiger partial charge in [0.2, 0.25) is 11.9 Å². The molecular weight excluding hydrogens is 219 g/mol. The van der Waals surface area contributed by atoms with E-state index < -0.39 is 29.2 Å². The smallest absolute Gasteiger partial charge is 0.231 e. The third kappa shape index (κ3) is 2.10. The molecular formula is C8H9F5N2. The van der Waals surface area contributed by atoms with Crippen molar-refractivity contribution in [3.8, 4) is 0 Å². The maximum Gasteiger partial charge on any atom is 0.425 e. The molecule has 7 heteroatoms. The van der Waals surface area contributed by atoms with Crippen LogP contribution in [0, 0.1) is 11.9 Å². The van der Waals surface area contributed by atoms with Crippen LogP contribution in [0.15, 0.2) is 0 Å². The van der Waals surface area contributed by atoms with Crippen LogP contribution in [0.4, 0.5) is 22.0 Å². The minimum Gasteiger partial charge on any atom is -0.231 e. The summed E-state index contributed by atoms with van der Waals surface area (Å²) in [4.78, 5) is 0. The molecule has 0 aliphatic heterocycles. The zero-order valence-corrected chi connectivity index (χ0v) is 8.28. The van der Waals surface area contributed by atoms with E-state index in [0.717, 1.165) is 0 Å². The van der Waals surface area contributed by atoms with Gasteiger partial charge in [-0.2, -0.15) is 22.0 Å². The lowest BCUT2D eigenvalue weighted by Crippen LogP contribution is -2.25. The van der Waals surface area contributed by atoms with E-state index in [-0.39, 0.29) is 0 Å². The zero-order chi connectivity index (χ0) is 12.0. The van der Waals surface area contributed by atoms with Crippen molar-refractivity contribution in [1.82, 2.24) is 9.78 Å². The Hall–Kier alpha value is -1.14. The highest BCUT2D eigenvalue weighted by molar-refractivity contribution is 5.14. The van der Waals surface area contributed by atoms with Gasteiger partial charge in [0.25, 0.3) is 0 Å². The summed E-state index contributed by atoms with van der Waals surface area (Å²) < 4.78 is 62.9. The number of hydrogen-bond donors (Lipinski definition) is 0. The van der Waals surface area contributed by atoms with E-state index in [1.54, 1.807) is 0 Å². The topological polar surface area (TPSA) is 17.8 Å². The maximum atomic E-state index is 13.2. The van der Waals surface area contributed by atoms with Crippen LogP contribution >= 0.6 is 0 Å². The molecule has 0 spiro atoms. The number of nitrogens with zero attached hydrogens (tertiary/aromatic N) is 2. The molecule has 15 heavy (non-hydrogen) atoms. The van der Waals surface area contributed by atoms with E-state index in [9.17, 15) is 22.0 Å². The standard InChI is InChI=1S/C8H9F5N2/c1-7(2,3)15-6(10)4(5(9)14-15)8(11,12)13/h1-3H3.